The van der Waals surface area contributed by atoms with E-state index in [1.54, 1.807) is 55.5 Å². The van der Waals surface area contributed by atoms with Crippen LogP contribution in [0.1, 0.15) is 21.6 Å². The summed E-state index contributed by atoms with van der Waals surface area (Å²) >= 11 is 12.4. The number of methoxy groups -OCH3 is 1. The van der Waals surface area contributed by atoms with Crippen molar-refractivity contribution in [3.63, 3.8) is 0 Å². The van der Waals surface area contributed by atoms with E-state index in [4.69, 9.17) is 27.9 Å². The van der Waals surface area contributed by atoms with Crippen LogP contribution in [0.15, 0.2) is 82.8 Å². The van der Waals surface area contributed by atoms with Gasteiger partial charge in [-0.1, -0.05) is 29.3 Å². The molecule has 1 heterocycles. The summed E-state index contributed by atoms with van der Waals surface area (Å²) in [4.78, 5) is 12.6. The highest BCUT2D eigenvalue weighted by atomic mass is 35.5. The third-order valence-corrected chi connectivity index (χ3v) is 7.22. The quantitative estimate of drug-likeness (QED) is 0.232. The van der Waals surface area contributed by atoms with Gasteiger partial charge in [0, 0.05) is 16.3 Å². The zero-order chi connectivity index (χ0) is 26.6. The minimum atomic E-state index is -3.94. The normalized spacial score (nSPS) is 11.5. The molecule has 9 nitrogen and oxygen atoms in total. The van der Waals surface area contributed by atoms with Crippen molar-refractivity contribution in [2.45, 2.75) is 11.8 Å². The fourth-order valence-electron chi connectivity index (χ4n) is 3.31. The van der Waals surface area contributed by atoms with Crippen molar-refractivity contribution >= 4 is 51.0 Å². The van der Waals surface area contributed by atoms with Gasteiger partial charge >= 0.3 is 0 Å². The second kappa shape index (κ2) is 11.0. The number of hydrogen-bond acceptors (Lipinski definition) is 6. The number of halogens is 2. The van der Waals surface area contributed by atoms with Gasteiger partial charge in [-0.15, -0.1) is 0 Å². The van der Waals surface area contributed by atoms with Gasteiger partial charge in [0.05, 0.1) is 35.2 Å². The molecule has 0 radical (unpaired) electrons. The Morgan fingerprint density at radius 1 is 1.05 bits per heavy atom. The van der Waals surface area contributed by atoms with Crippen molar-refractivity contribution < 1.29 is 17.9 Å². The summed E-state index contributed by atoms with van der Waals surface area (Å²) in [7, 11) is -2.42. The standard InChI is InChI=1S/C25H21Cl2N5O4S/c1-16-23(24(27)32(30-16)20-10-6-18(26)7-11-20)15-28-29-25(33)17-4-3-5-22(14-17)37(34,35)31-19-8-12-21(36-2)13-9-19/h3-15,31H,1-2H3,(H,29,33). The molecule has 4 rings (SSSR count). The number of nitrogens with zero attached hydrogens (tertiary/aromatic N) is 3. The lowest BCUT2D eigenvalue weighted by Crippen LogP contribution is -2.19. The summed E-state index contributed by atoms with van der Waals surface area (Å²) in [5.41, 5.74) is 4.66. The Morgan fingerprint density at radius 3 is 2.43 bits per heavy atom. The summed E-state index contributed by atoms with van der Waals surface area (Å²) in [6, 6.07) is 19.0. The second-order valence-corrected chi connectivity index (χ2v) is 10.2. The number of ether oxygens (including phenoxy) is 1. The van der Waals surface area contributed by atoms with Crippen LogP contribution in [0.4, 0.5) is 5.69 Å². The van der Waals surface area contributed by atoms with Crippen molar-refractivity contribution in [2.24, 2.45) is 5.10 Å². The molecule has 2 N–H and O–H groups in total. The molecule has 0 fully saturated rings. The monoisotopic (exact) mass is 557 g/mol. The van der Waals surface area contributed by atoms with Crippen LogP contribution in [0.5, 0.6) is 5.75 Å². The Kier molecular flexibility index (Phi) is 7.82. The third kappa shape index (κ3) is 6.11. The molecule has 0 spiro atoms. The van der Waals surface area contributed by atoms with Gasteiger partial charge in [0.25, 0.3) is 15.9 Å². The van der Waals surface area contributed by atoms with E-state index in [9.17, 15) is 13.2 Å². The fraction of sp³-hybridized carbons (Fsp3) is 0.0800. The smallest absolute Gasteiger partial charge is 0.271 e. The Bertz CT molecular complexity index is 1570. The molecule has 0 saturated heterocycles. The first-order valence-corrected chi connectivity index (χ1v) is 13.0. The number of rotatable bonds is 8. The number of benzene rings is 3. The number of hydrogen-bond donors (Lipinski definition) is 2. The molecule has 0 saturated carbocycles. The summed E-state index contributed by atoms with van der Waals surface area (Å²) in [5, 5.41) is 9.27. The average Bonchev–Trinajstić information content (AvgIpc) is 3.18. The van der Waals surface area contributed by atoms with E-state index in [0.29, 0.717) is 38.6 Å². The number of carbonyl (C=O) groups is 1. The summed E-state index contributed by atoms with van der Waals surface area (Å²) in [6.07, 6.45) is 1.38. The van der Waals surface area contributed by atoms with Gasteiger partial charge in [0.2, 0.25) is 0 Å². The first-order chi connectivity index (χ1) is 17.7. The summed E-state index contributed by atoms with van der Waals surface area (Å²) in [5.74, 6) is -0.00686. The van der Waals surface area contributed by atoms with Crippen molar-refractivity contribution in [3.05, 3.63) is 99.8 Å². The number of hydrazone groups is 1. The maximum atomic E-state index is 12.8. The second-order valence-electron chi connectivity index (χ2n) is 7.74. The zero-order valence-corrected chi connectivity index (χ0v) is 22.0. The molecule has 0 aliphatic heterocycles. The molecule has 12 heteroatoms. The van der Waals surface area contributed by atoms with Crippen LogP contribution in [0.25, 0.3) is 5.69 Å². The first kappa shape index (κ1) is 26.2. The largest absolute Gasteiger partial charge is 0.497 e. The molecule has 0 aliphatic rings. The molecule has 0 aliphatic carbocycles. The van der Waals surface area contributed by atoms with E-state index in [0.717, 1.165) is 0 Å². The van der Waals surface area contributed by atoms with Crippen molar-refractivity contribution in [1.82, 2.24) is 15.2 Å². The maximum Gasteiger partial charge on any atom is 0.271 e. The Morgan fingerprint density at radius 2 is 1.76 bits per heavy atom. The van der Waals surface area contributed by atoms with Crippen LogP contribution in [-0.4, -0.2) is 37.4 Å². The zero-order valence-electron chi connectivity index (χ0n) is 19.6. The molecule has 3 aromatic carbocycles. The highest BCUT2D eigenvalue weighted by Gasteiger charge is 2.17. The lowest BCUT2D eigenvalue weighted by Gasteiger charge is -2.09. The van der Waals surface area contributed by atoms with E-state index in [2.05, 4.69) is 20.3 Å². The number of nitrogens with one attached hydrogen (secondary N) is 2. The molecule has 0 bridgehead atoms. The molecular formula is C25H21Cl2N5O4S. The minimum Gasteiger partial charge on any atom is -0.497 e. The highest BCUT2D eigenvalue weighted by Crippen LogP contribution is 2.23. The number of aromatic nitrogens is 2. The highest BCUT2D eigenvalue weighted by molar-refractivity contribution is 7.92. The number of sulfonamides is 1. The molecule has 1 aromatic heterocycles. The summed E-state index contributed by atoms with van der Waals surface area (Å²) in [6.45, 7) is 1.76. The van der Waals surface area contributed by atoms with Gasteiger partial charge in [-0.3, -0.25) is 9.52 Å². The van der Waals surface area contributed by atoms with Gasteiger partial charge in [-0.25, -0.2) is 18.5 Å². The lowest BCUT2D eigenvalue weighted by atomic mass is 10.2. The Hall–Kier alpha value is -3.86. The molecule has 37 heavy (non-hydrogen) atoms. The van der Waals surface area contributed by atoms with Crippen LogP contribution >= 0.6 is 23.2 Å². The van der Waals surface area contributed by atoms with E-state index < -0.39 is 15.9 Å². The number of carbonyl (C=O) groups excluding carboxylic acids is 1. The van der Waals surface area contributed by atoms with Crippen LogP contribution in [0.2, 0.25) is 10.2 Å². The SMILES string of the molecule is COc1ccc(NS(=O)(=O)c2cccc(C(=O)NN=Cc3c(C)nn(-c4ccc(Cl)cc4)c3Cl)c2)cc1. The van der Waals surface area contributed by atoms with E-state index in [1.807, 2.05) is 0 Å². The third-order valence-electron chi connectivity index (χ3n) is 5.23. The Labute approximate surface area is 223 Å². The predicted molar refractivity (Wildman–Crippen MR) is 144 cm³/mol. The van der Waals surface area contributed by atoms with Gasteiger partial charge < -0.3 is 4.74 Å². The molecule has 1 amide bonds. The van der Waals surface area contributed by atoms with Crippen molar-refractivity contribution in [3.8, 4) is 11.4 Å². The van der Waals surface area contributed by atoms with Gasteiger partial charge in [0.1, 0.15) is 10.9 Å². The van der Waals surface area contributed by atoms with Crippen LogP contribution in [0.3, 0.4) is 0 Å². The van der Waals surface area contributed by atoms with Gasteiger partial charge in [-0.05, 0) is 73.7 Å². The maximum absolute atomic E-state index is 12.8. The first-order valence-electron chi connectivity index (χ1n) is 10.8. The molecule has 0 atom stereocenters. The van der Waals surface area contributed by atoms with E-state index in [-0.39, 0.29) is 10.5 Å². The Balaban J connectivity index is 1.47. The minimum absolute atomic E-state index is 0.0805. The van der Waals surface area contributed by atoms with E-state index in [1.165, 1.54) is 42.3 Å². The van der Waals surface area contributed by atoms with Gasteiger partial charge in [0.15, 0.2) is 0 Å². The molecule has 190 valence electrons. The predicted octanol–water partition coefficient (Wildman–Crippen LogP) is 5.06. The van der Waals surface area contributed by atoms with Crippen LogP contribution in [-0.2, 0) is 10.0 Å². The summed E-state index contributed by atoms with van der Waals surface area (Å²) < 4.78 is 34.7. The lowest BCUT2D eigenvalue weighted by molar-refractivity contribution is 0.0955. The van der Waals surface area contributed by atoms with Crippen LogP contribution < -0.4 is 14.9 Å². The number of aryl methyl sites for hydroxylation is 1. The average molecular weight is 558 g/mol. The van der Waals surface area contributed by atoms with Crippen molar-refractivity contribution in [1.29, 1.82) is 0 Å². The molecule has 0 unspecified atom stereocenters. The number of anilines is 1. The molecule has 4 aromatic rings. The van der Waals surface area contributed by atoms with Crippen LogP contribution in [0, 0.1) is 6.92 Å². The van der Waals surface area contributed by atoms with E-state index >= 15 is 0 Å². The fourth-order valence-corrected chi connectivity index (χ4v) is 4.86. The topological polar surface area (TPSA) is 115 Å². The van der Waals surface area contributed by atoms with Crippen molar-refractivity contribution in [2.75, 3.05) is 11.8 Å². The molecular weight excluding hydrogens is 537 g/mol. The van der Waals surface area contributed by atoms with Gasteiger partial charge in [-0.2, -0.15) is 10.2 Å². The number of amides is 1.